The lowest BCUT2D eigenvalue weighted by Crippen LogP contribution is -2.47. The monoisotopic (exact) mass is 171 g/mol. The average molecular weight is 171 g/mol. The van der Waals surface area contributed by atoms with Crippen LogP contribution in [0.5, 0.6) is 0 Å². The highest BCUT2D eigenvalue weighted by molar-refractivity contribution is 4.85. The summed E-state index contributed by atoms with van der Waals surface area (Å²) < 4.78 is 10.7. The molecule has 3 heteroatoms. The fraction of sp³-hybridized carbons (Fsp3) is 0.778. The van der Waals surface area contributed by atoms with E-state index in [-0.39, 0.29) is 0 Å². The molecule has 1 heterocycles. The number of likely N-dealkylation sites (tertiary alicyclic amines) is 1. The average Bonchev–Trinajstić information content (AvgIpc) is 2.50. The molecular weight excluding hydrogens is 154 g/mol. The van der Waals surface area contributed by atoms with Gasteiger partial charge in [-0.1, -0.05) is 6.08 Å². The van der Waals surface area contributed by atoms with Crippen LogP contribution in [0.25, 0.3) is 0 Å². The van der Waals surface area contributed by atoms with E-state index in [1.165, 1.54) is 0 Å². The van der Waals surface area contributed by atoms with E-state index < -0.39 is 5.91 Å². The third-order valence-electron chi connectivity index (χ3n) is 2.39. The van der Waals surface area contributed by atoms with Crippen LogP contribution in [0.15, 0.2) is 12.7 Å². The molecule has 0 bridgehead atoms. The summed E-state index contributed by atoms with van der Waals surface area (Å²) in [6.45, 7) is 5.55. The van der Waals surface area contributed by atoms with Crippen molar-refractivity contribution in [3.63, 3.8) is 0 Å². The van der Waals surface area contributed by atoms with E-state index >= 15 is 0 Å². The van der Waals surface area contributed by atoms with Crippen LogP contribution in [-0.4, -0.2) is 38.1 Å². The van der Waals surface area contributed by atoms with Gasteiger partial charge < -0.3 is 9.47 Å². The van der Waals surface area contributed by atoms with Crippen molar-refractivity contribution < 1.29 is 9.47 Å². The van der Waals surface area contributed by atoms with Crippen molar-refractivity contribution in [1.82, 2.24) is 4.90 Å². The maximum Gasteiger partial charge on any atom is 0.229 e. The Balaban J connectivity index is 2.64. The van der Waals surface area contributed by atoms with Gasteiger partial charge in [0.15, 0.2) is 0 Å². The molecule has 1 rings (SSSR count). The molecule has 0 spiro atoms. The first kappa shape index (κ1) is 9.71. The van der Waals surface area contributed by atoms with Crippen LogP contribution in [0.1, 0.15) is 12.8 Å². The molecule has 1 fully saturated rings. The molecule has 1 aliphatic rings. The number of hydrogen-bond acceptors (Lipinski definition) is 3. The SMILES string of the molecule is C=CCN1CCCC1(OC)OC. The number of rotatable bonds is 4. The van der Waals surface area contributed by atoms with Crippen molar-refractivity contribution in [3.05, 3.63) is 12.7 Å². The molecule has 0 atom stereocenters. The number of ether oxygens (including phenoxy) is 2. The number of hydrogen-bond donors (Lipinski definition) is 0. The fourth-order valence-electron chi connectivity index (χ4n) is 1.75. The fourth-order valence-corrected chi connectivity index (χ4v) is 1.75. The number of nitrogens with zero attached hydrogens (tertiary/aromatic N) is 1. The molecule has 0 aromatic carbocycles. The Bertz CT molecular complexity index is 155. The van der Waals surface area contributed by atoms with Crippen LogP contribution in [0.2, 0.25) is 0 Å². The van der Waals surface area contributed by atoms with Gasteiger partial charge in [0.2, 0.25) is 5.91 Å². The van der Waals surface area contributed by atoms with Crippen LogP contribution < -0.4 is 0 Å². The standard InChI is InChI=1S/C9H17NO2/c1-4-7-10-8-5-6-9(10,11-2)12-3/h4H,1,5-8H2,2-3H3. The highest BCUT2D eigenvalue weighted by atomic mass is 16.7. The Morgan fingerprint density at radius 3 is 2.67 bits per heavy atom. The lowest BCUT2D eigenvalue weighted by atomic mass is 10.3. The molecule has 0 aromatic rings. The Hall–Kier alpha value is -0.380. The molecule has 3 nitrogen and oxygen atoms in total. The summed E-state index contributed by atoms with van der Waals surface area (Å²) in [7, 11) is 3.37. The highest BCUT2D eigenvalue weighted by Crippen LogP contribution is 2.29. The summed E-state index contributed by atoms with van der Waals surface area (Å²) in [5, 5.41) is 0. The normalized spacial score (nSPS) is 22.8. The Morgan fingerprint density at radius 1 is 1.50 bits per heavy atom. The highest BCUT2D eigenvalue weighted by Gasteiger charge is 2.40. The molecule has 0 unspecified atom stereocenters. The minimum absolute atomic E-state index is 0.492. The van der Waals surface area contributed by atoms with Crippen LogP contribution in [0.4, 0.5) is 0 Å². The van der Waals surface area contributed by atoms with Crippen molar-refractivity contribution in [2.45, 2.75) is 18.8 Å². The summed E-state index contributed by atoms with van der Waals surface area (Å²) in [4.78, 5) is 2.15. The molecule has 0 saturated carbocycles. The van der Waals surface area contributed by atoms with Gasteiger partial charge >= 0.3 is 0 Å². The van der Waals surface area contributed by atoms with Crippen LogP contribution in [0.3, 0.4) is 0 Å². The van der Waals surface area contributed by atoms with Gasteiger partial charge in [0, 0.05) is 33.7 Å². The van der Waals surface area contributed by atoms with E-state index in [0.717, 1.165) is 25.9 Å². The van der Waals surface area contributed by atoms with Crippen LogP contribution >= 0.6 is 0 Å². The Kier molecular flexibility index (Phi) is 3.26. The summed E-state index contributed by atoms with van der Waals surface area (Å²) in [6.07, 6.45) is 3.93. The third kappa shape index (κ3) is 1.53. The quantitative estimate of drug-likeness (QED) is 0.469. The van der Waals surface area contributed by atoms with E-state index in [4.69, 9.17) is 9.47 Å². The Labute approximate surface area is 74.0 Å². The molecule has 0 radical (unpaired) electrons. The lowest BCUT2D eigenvalue weighted by Gasteiger charge is -2.34. The zero-order valence-electron chi connectivity index (χ0n) is 7.88. The second-order valence-electron chi connectivity index (χ2n) is 2.96. The molecule has 0 amide bonds. The number of methoxy groups -OCH3 is 2. The van der Waals surface area contributed by atoms with E-state index in [9.17, 15) is 0 Å². The van der Waals surface area contributed by atoms with Gasteiger partial charge in [-0.2, -0.15) is 0 Å². The molecule has 0 aromatic heterocycles. The van der Waals surface area contributed by atoms with Gasteiger partial charge in [-0.3, -0.25) is 0 Å². The summed E-state index contributed by atoms with van der Waals surface area (Å²) >= 11 is 0. The van der Waals surface area contributed by atoms with E-state index in [0.29, 0.717) is 0 Å². The molecule has 70 valence electrons. The third-order valence-corrected chi connectivity index (χ3v) is 2.39. The van der Waals surface area contributed by atoms with Crippen molar-refractivity contribution >= 4 is 0 Å². The van der Waals surface area contributed by atoms with Crippen LogP contribution in [0, 0.1) is 0 Å². The van der Waals surface area contributed by atoms with E-state index in [2.05, 4.69) is 11.5 Å². The topological polar surface area (TPSA) is 21.7 Å². The van der Waals surface area contributed by atoms with E-state index in [1.807, 2.05) is 6.08 Å². The van der Waals surface area contributed by atoms with Crippen LogP contribution in [-0.2, 0) is 9.47 Å². The second-order valence-corrected chi connectivity index (χ2v) is 2.96. The zero-order valence-corrected chi connectivity index (χ0v) is 7.88. The molecule has 0 aliphatic carbocycles. The zero-order chi connectivity index (χ0) is 9.03. The van der Waals surface area contributed by atoms with Crippen molar-refractivity contribution in [1.29, 1.82) is 0 Å². The van der Waals surface area contributed by atoms with Crippen molar-refractivity contribution in [3.8, 4) is 0 Å². The van der Waals surface area contributed by atoms with Gasteiger partial charge in [0.05, 0.1) is 0 Å². The van der Waals surface area contributed by atoms with Gasteiger partial charge in [0.25, 0.3) is 0 Å². The summed E-state index contributed by atoms with van der Waals surface area (Å²) in [6, 6.07) is 0. The second kappa shape index (κ2) is 4.03. The van der Waals surface area contributed by atoms with E-state index in [1.54, 1.807) is 14.2 Å². The van der Waals surface area contributed by atoms with Gasteiger partial charge in [-0.05, 0) is 6.42 Å². The van der Waals surface area contributed by atoms with Gasteiger partial charge in [-0.25, -0.2) is 4.90 Å². The lowest BCUT2D eigenvalue weighted by molar-refractivity contribution is -0.276. The maximum atomic E-state index is 5.37. The first-order chi connectivity index (χ1) is 5.79. The predicted molar refractivity (Wildman–Crippen MR) is 47.8 cm³/mol. The molecule has 1 saturated heterocycles. The minimum Gasteiger partial charge on any atom is -0.341 e. The molecule has 0 N–H and O–H groups in total. The largest absolute Gasteiger partial charge is 0.341 e. The molecule has 12 heavy (non-hydrogen) atoms. The minimum atomic E-state index is -0.492. The predicted octanol–water partition coefficient (Wildman–Crippen LogP) is 1.21. The van der Waals surface area contributed by atoms with Gasteiger partial charge in [-0.15, -0.1) is 6.58 Å². The Morgan fingerprint density at radius 2 is 2.17 bits per heavy atom. The maximum absolute atomic E-state index is 5.37. The van der Waals surface area contributed by atoms with Crippen molar-refractivity contribution in [2.24, 2.45) is 0 Å². The van der Waals surface area contributed by atoms with Crippen molar-refractivity contribution in [2.75, 3.05) is 27.3 Å². The summed E-state index contributed by atoms with van der Waals surface area (Å²) in [5.41, 5.74) is 0. The molecule has 1 aliphatic heterocycles. The first-order valence-electron chi connectivity index (χ1n) is 4.25. The van der Waals surface area contributed by atoms with Gasteiger partial charge in [0.1, 0.15) is 0 Å². The molecular formula is C9H17NO2. The first-order valence-corrected chi connectivity index (χ1v) is 4.25. The summed E-state index contributed by atoms with van der Waals surface area (Å²) in [5.74, 6) is -0.492. The smallest absolute Gasteiger partial charge is 0.229 e.